The monoisotopic (exact) mass is 623 g/mol. The molecule has 43 heavy (non-hydrogen) atoms. The van der Waals surface area contributed by atoms with Crippen LogP contribution in [-0.4, -0.2) is 47.4 Å². The molecule has 226 valence electrons. The van der Waals surface area contributed by atoms with E-state index in [0.717, 1.165) is 53.7 Å². The highest BCUT2D eigenvalue weighted by atomic mass is 35.5. The van der Waals surface area contributed by atoms with Gasteiger partial charge in [-0.1, -0.05) is 18.2 Å². The Kier molecular flexibility index (Phi) is 7.85. The van der Waals surface area contributed by atoms with Crippen molar-refractivity contribution in [1.29, 1.82) is 0 Å². The molecule has 4 bridgehead atoms. The maximum absolute atomic E-state index is 13.7. The van der Waals surface area contributed by atoms with Gasteiger partial charge in [0.15, 0.2) is 0 Å². The van der Waals surface area contributed by atoms with Crippen LogP contribution in [0.1, 0.15) is 70.4 Å². The molecule has 10 heteroatoms. The molecule has 1 aromatic heterocycles. The smallest absolute Gasteiger partial charge is 0.338 e. The highest BCUT2D eigenvalue weighted by molar-refractivity contribution is 7.13. The Balaban J connectivity index is 0.00000329. The number of nitrogens with zero attached hydrogens (tertiary/aromatic N) is 1. The second kappa shape index (κ2) is 11.3. The second-order valence-corrected chi connectivity index (χ2v) is 13.7. The van der Waals surface area contributed by atoms with E-state index in [1.807, 2.05) is 24.3 Å². The highest BCUT2D eigenvalue weighted by Gasteiger charge is 2.58. The minimum absolute atomic E-state index is 0. The first kappa shape index (κ1) is 29.8. The number of hydrogen-bond donors (Lipinski definition) is 2. The van der Waals surface area contributed by atoms with Crippen LogP contribution in [0.4, 0.5) is 4.39 Å². The molecule has 4 saturated carbocycles. The number of rotatable bonds is 7. The van der Waals surface area contributed by atoms with Crippen molar-refractivity contribution >= 4 is 41.5 Å². The largest absolute Gasteiger partial charge is 0.465 e. The summed E-state index contributed by atoms with van der Waals surface area (Å²) in [5.41, 5.74) is 3.53. The molecule has 2 amide bonds. The zero-order chi connectivity index (χ0) is 29.1. The van der Waals surface area contributed by atoms with Crippen LogP contribution in [0.25, 0.3) is 10.4 Å². The first-order chi connectivity index (χ1) is 20.2. The van der Waals surface area contributed by atoms with E-state index in [2.05, 4.69) is 10.6 Å². The van der Waals surface area contributed by atoms with Gasteiger partial charge in [-0.25, -0.2) is 9.18 Å². The van der Waals surface area contributed by atoms with Gasteiger partial charge >= 0.3 is 5.97 Å². The minimum atomic E-state index is -0.362. The quantitative estimate of drug-likeness (QED) is 0.329. The van der Waals surface area contributed by atoms with Crippen LogP contribution in [0.15, 0.2) is 53.9 Å². The summed E-state index contributed by atoms with van der Waals surface area (Å²) in [5, 5.41) is 8.89. The van der Waals surface area contributed by atoms with Crippen molar-refractivity contribution < 1.29 is 23.5 Å². The molecule has 8 rings (SSSR count). The topological polar surface area (TPSA) is 87.7 Å². The standard InChI is InChI=1S/C33H34FN3O4S.ClH/c1-41-31(40)26-10-28(42-18-26)22-2-4-23(5-3-22)30(39)36-33-13-20-8-21(14-33)12-32(11-20,19-33)35-15-29(38)37-16-24-6-7-27(34)9-25(24)17-37;/h2-7,9-10,18,20-21,35H,8,11-17,19H2,1H3,(H,36,39);1H. The Morgan fingerprint density at radius 3 is 2.37 bits per heavy atom. The number of carbonyl (C=O) groups excluding carboxylic acids is 3. The molecule has 1 aliphatic heterocycles. The zero-order valence-corrected chi connectivity index (χ0v) is 25.6. The Hall–Kier alpha value is -3.27. The van der Waals surface area contributed by atoms with Crippen molar-refractivity contribution in [3.8, 4) is 10.4 Å². The van der Waals surface area contributed by atoms with Crippen LogP contribution in [0, 0.1) is 17.7 Å². The summed E-state index contributed by atoms with van der Waals surface area (Å²) in [6.45, 7) is 1.22. The van der Waals surface area contributed by atoms with Crippen LogP contribution in [0.2, 0.25) is 0 Å². The lowest BCUT2D eigenvalue weighted by Crippen LogP contribution is -2.69. The van der Waals surface area contributed by atoms with Crippen LogP contribution in [0.5, 0.6) is 0 Å². The van der Waals surface area contributed by atoms with Gasteiger partial charge in [-0.3, -0.25) is 9.59 Å². The van der Waals surface area contributed by atoms with Crippen molar-refractivity contribution in [2.24, 2.45) is 11.8 Å². The van der Waals surface area contributed by atoms with Gasteiger partial charge in [-0.15, -0.1) is 23.7 Å². The molecule has 0 spiro atoms. The van der Waals surface area contributed by atoms with Crippen molar-refractivity contribution in [2.75, 3.05) is 13.7 Å². The minimum Gasteiger partial charge on any atom is -0.465 e. The van der Waals surface area contributed by atoms with E-state index in [1.54, 1.807) is 22.4 Å². The third-order valence-electron chi connectivity index (χ3n) is 9.75. The van der Waals surface area contributed by atoms with Crippen molar-refractivity contribution in [3.63, 3.8) is 0 Å². The van der Waals surface area contributed by atoms with Gasteiger partial charge in [0.25, 0.3) is 5.91 Å². The number of methoxy groups -OCH3 is 1. The van der Waals surface area contributed by atoms with Crippen LogP contribution >= 0.6 is 23.7 Å². The van der Waals surface area contributed by atoms with Crippen molar-refractivity contribution in [3.05, 3.63) is 82.0 Å². The van der Waals surface area contributed by atoms with Crippen LogP contribution in [-0.2, 0) is 22.6 Å². The highest BCUT2D eigenvalue weighted by Crippen LogP contribution is 2.57. The molecule has 2 heterocycles. The van der Waals surface area contributed by atoms with Gasteiger partial charge in [0.2, 0.25) is 5.91 Å². The molecule has 7 nitrogen and oxygen atoms in total. The van der Waals surface area contributed by atoms with Gasteiger partial charge < -0.3 is 20.3 Å². The third-order valence-corrected chi connectivity index (χ3v) is 10.7. The zero-order valence-electron chi connectivity index (χ0n) is 24.0. The normalized spacial score (nSPS) is 26.5. The van der Waals surface area contributed by atoms with E-state index in [9.17, 15) is 18.8 Å². The predicted molar refractivity (Wildman–Crippen MR) is 165 cm³/mol. The lowest BCUT2D eigenvalue weighted by molar-refractivity contribution is -0.132. The Bertz CT molecular complexity index is 1560. The molecule has 4 aliphatic carbocycles. The lowest BCUT2D eigenvalue weighted by atomic mass is 9.50. The number of nitrogens with one attached hydrogen (secondary N) is 2. The predicted octanol–water partition coefficient (Wildman–Crippen LogP) is 5.72. The summed E-state index contributed by atoms with van der Waals surface area (Å²) in [6.07, 6.45) is 6.02. The third kappa shape index (κ3) is 5.70. The number of hydrogen-bond acceptors (Lipinski definition) is 6. The molecule has 2 aromatic carbocycles. The molecule has 5 aliphatic rings. The number of benzene rings is 2. The van der Waals surface area contributed by atoms with E-state index >= 15 is 0 Å². The molecule has 2 N–H and O–H groups in total. The number of esters is 1. The van der Waals surface area contributed by atoms with Gasteiger partial charge in [-0.05, 0) is 97.4 Å². The number of thiophene rings is 1. The molecule has 2 unspecified atom stereocenters. The average molecular weight is 624 g/mol. The van der Waals surface area contributed by atoms with Gasteiger partial charge in [0, 0.05) is 40.0 Å². The molecule has 0 radical (unpaired) electrons. The summed E-state index contributed by atoms with van der Waals surface area (Å²) in [7, 11) is 1.37. The van der Waals surface area contributed by atoms with Gasteiger partial charge in [-0.2, -0.15) is 0 Å². The SMILES string of the molecule is COC(=O)c1csc(-c2ccc(C(=O)NC34CC5CC(CC(NCC(=O)N6Cc7ccc(F)cc7C6)(C5)C3)C4)cc2)c1.Cl. The molecule has 3 aromatic rings. The Morgan fingerprint density at radius 2 is 1.65 bits per heavy atom. The fraction of sp³-hybridized carbons (Fsp3) is 0.424. The first-order valence-corrected chi connectivity index (χ1v) is 15.5. The van der Waals surface area contributed by atoms with Crippen LogP contribution < -0.4 is 10.6 Å². The molecule has 0 saturated heterocycles. The average Bonchev–Trinajstić information content (AvgIpc) is 3.62. The lowest BCUT2D eigenvalue weighted by Gasteiger charge is -2.62. The second-order valence-electron chi connectivity index (χ2n) is 12.8. The van der Waals surface area contributed by atoms with Gasteiger partial charge in [0.05, 0.1) is 19.2 Å². The maximum atomic E-state index is 13.7. The van der Waals surface area contributed by atoms with E-state index in [0.29, 0.717) is 36.1 Å². The number of ether oxygens (including phenoxy) is 1. The summed E-state index contributed by atoms with van der Waals surface area (Å²) in [5.74, 6) is 0.383. The summed E-state index contributed by atoms with van der Waals surface area (Å²) in [6, 6.07) is 14.1. The fourth-order valence-corrected chi connectivity index (χ4v) is 9.23. The fourth-order valence-electron chi connectivity index (χ4n) is 8.34. The number of halogens is 2. The first-order valence-electron chi connectivity index (χ1n) is 14.6. The van der Waals surface area contributed by atoms with Crippen LogP contribution in [0.3, 0.4) is 0 Å². The summed E-state index contributed by atoms with van der Waals surface area (Å²) in [4.78, 5) is 41.2. The van der Waals surface area contributed by atoms with Gasteiger partial charge in [0.1, 0.15) is 5.82 Å². The number of fused-ring (bicyclic) bond motifs is 1. The van der Waals surface area contributed by atoms with Crippen molar-refractivity contribution in [1.82, 2.24) is 15.5 Å². The Labute approximate surface area is 260 Å². The van der Waals surface area contributed by atoms with Crippen molar-refractivity contribution in [2.45, 2.75) is 62.7 Å². The number of amides is 2. The molecule has 4 fully saturated rings. The molecular weight excluding hydrogens is 589 g/mol. The summed E-state index contributed by atoms with van der Waals surface area (Å²) < 4.78 is 18.5. The maximum Gasteiger partial charge on any atom is 0.338 e. The number of carbonyl (C=O) groups is 3. The Morgan fingerprint density at radius 1 is 0.953 bits per heavy atom. The van der Waals surface area contributed by atoms with E-state index < -0.39 is 0 Å². The van der Waals surface area contributed by atoms with E-state index in [4.69, 9.17) is 4.74 Å². The van der Waals surface area contributed by atoms with E-state index in [1.165, 1.54) is 37.0 Å². The molecule has 2 atom stereocenters. The van der Waals surface area contributed by atoms with E-state index in [-0.39, 0.29) is 53.6 Å². The molecular formula is C33H35ClFN3O4S. The summed E-state index contributed by atoms with van der Waals surface area (Å²) >= 11 is 1.47.